The van der Waals surface area contributed by atoms with E-state index in [4.69, 9.17) is 9.84 Å². The van der Waals surface area contributed by atoms with E-state index in [2.05, 4.69) is 5.32 Å². The van der Waals surface area contributed by atoms with Crippen LogP contribution in [0.4, 0.5) is 0 Å². The highest BCUT2D eigenvalue weighted by atomic mass is 32.1. The van der Waals surface area contributed by atoms with Crippen LogP contribution in [0, 0.1) is 5.41 Å². The number of nitrogens with one attached hydrogen (secondary N) is 1. The Bertz CT molecular complexity index is 395. The van der Waals surface area contributed by atoms with E-state index in [9.17, 15) is 4.79 Å². The van der Waals surface area contributed by atoms with Crippen LogP contribution in [-0.4, -0.2) is 30.8 Å². The molecule has 1 atom stereocenters. The molecule has 1 unspecified atom stereocenters. The molecule has 1 aromatic rings. The summed E-state index contributed by atoms with van der Waals surface area (Å²) in [7, 11) is 1.55. The van der Waals surface area contributed by atoms with E-state index >= 15 is 0 Å². The molecule has 0 aliphatic carbocycles. The van der Waals surface area contributed by atoms with E-state index in [1.165, 1.54) is 11.3 Å². The number of hydrogen-bond acceptors (Lipinski definition) is 4. The minimum absolute atomic E-state index is 0.0593. The zero-order valence-corrected chi connectivity index (χ0v) is 12.1. The lowest BCUT2D eigenvalue weighted by molar-refractivity contribution is 0.0886. The van der Waals surface area contributed by atoms with Gasteiger partial charge in [0.1, 0.15) is 10.6 Å². The molecule has 0 bridgehead atoms. The lowest BCUT2D eigenvalue weighted by Gasteiger charge is -2.31. The van der Waals surface area contributed by atoms with Crippen molar-refractivity contribution in [1.29, 1.82) is 0 Å². The Balaban J connectivity index is 2.79. The van der Waals surface area contributed by atoms with E-state index in [0.29, 0.717) is 17.0 Å². The van der Waals surface area contributed by atoms with Crippen molar-refractivity contribution in [2.24, 2.45) is 5.41 Å². The third kappa shape index (κ3) is 3.71. The van der Waals surface area contributed by atoms with E-state index in [1.807, 2.05) is 26.2 Å². The van der Waals surface area contributed by atoms with Gasteiger partial charge in [-0.15, -0.1) is 11.3 Å². The van der Waals surface area contributed by atoms with Crippen LogP contribution in [0.25, 0.3) is 0 Å². The topological polar surface area (TPSA) is 58.6 Å². The maximum atomic E-state index is 12.2. The molecule has 0 saturated heterocycles. The summed E-state index contributed by atoms with van der Waals surface area (Å²) in [5, 5.41) is 13.9. The molecular weight excluding hydrogens is 250 g/mol. The molecule has 5 heteroatoms. The number of hydrogen-bond donors (Lipinski definition) is 2. The monoisotopic (exact) mass is 271 g/mol. The van der Waals surface area contributed by atoms with Gasteiger partial charge in [-0.1, -0.05) is 20.8 Å². The van der Waals surface area contributed by atoms with Gasteiger partial charge in [-0.2, -0.15) is 0 Å². The van der Waals surface area contributed by atoms with Crippen molar-refractivity contribution >= 4 is 17.2 Å². The van der Waals surface area contributed by atoms with E-state index in [-0.39, 0.29) is 24.0 Å². The van der Waals surface area contributed by atoms with Gasteiger partial charge in [0.2, 0.25) is 0 Å². The van der Waals surface area contributed by atoms with Crippen molar-refractivity contribution in [2.45, 2.75) is 33.2 Å². The molecule has 0 aliphatic heterocycles. The molecule has 0 aliphatic rings. The van der Waals surface area contributed by atoms with Crippen LogP contribution in [0.1, 0.15) is 36.9 Å². The summed E-state index contributed by atoms with van der Waals surface area (Å²) in [6, 6.07) is 1.71. The van der Waals surface area contributed by atoms with Crippen molar-refractivity contribution in [3.05, 3.63) is 16.3 Å². The summed E-state index contributed by atoms with van der Waals surface area (Å²) in [6.07, 6.45) is 0.545. The van der Waals surface area contributed by atoms with Crippen LogP contribution in [0.2, 0.25) is 0 Å². The van der Waals surface area contributed by atoms with Crippen LogP contribution < -0.4 is 10.1 Å². The maximum Gasteiger partial charge on any atom is 0.265 e. The van der Waals surface area contributed by atoms with Crippen LogP contribution in [0.3, 0.4) is 0 Å². The number of aliphatic hydroxyl groups is 1. The van der Waals surface area contributed by atoms with Gasteiger partial charge in [-0.3, -0.25) is 4.79 Å². The normalized spacial score (nSPS) is 13.2. The number of aliphatic hydroxyl groups excluding tert-OH is 1. The molecule has 1 aromatic heterocycles. The summed E-state index contributed by atoms with van der Waals surface area (Å²) in [5.41, 5.74) is -0.0944. The lowest BCUT2D eigenvalue weighted by Crippen LogP contribution is -2.44. The third-order valence-electron chi connectivity index (χ3n) is 2.82. The van der Waals surface area contributed by atoms with Gasteiger partial charge in [0.05, 0.1) is 7.11 Å². The Labute approximate surface area is 112 Å². The zero-order valence-electron chi connectivity index (χ0n) is 11.3. The van der Waals surface area contributed by atoms with Crippen LogP contribution in [-0.2, 0) is 0 Å². The lowest BCUT2D eigenvalue weighted by atomic mass is 9.85. The van der Waals surface area contributed by atoms with Crippen molar-refractivity contribution < 1.29 is 14.6 Å². The SMILES string of the molecule is COc1ccsc1C(=O)NC(CCO)C(C)(C)C. The quantitative estimate of drug-likeness (QED) is 0.864. The largest absolute Gasteiger partial charge is 0.495 e. The molecule has 0 fully saturated rings. The van der Waals surface area contributed by atoms with Gasteiger partial charge in [0, 0.05) is 12.6 Å². The van der Waals surface area contributed by atoms with Crippen molar-refractivity contribution in [3.8, 4) is 5.75 Å². The van der Waals surface area contributed by atoms with Crippen molar-refractivity contribution in [2.75, 3.05) is 13.7 Å². The van der Waals surface area contributed by atoms with E-state index in [0.717, 1.165) is 0 Å². The Morgan fingerprint density at radius 1 is 1.56 bits per heavy atom. The van der Waals surface area contributed by atoms with Gasteiger partial charge in [-0.25, -0.2) is 0 Å². The number of methoxy groups -OCH3 is 1. The molecule has 0 radical (unpaired) electrons. The predicted octanol–water partition coefficient (Wildman–Crippen LogP) is 2.28. The average Bonchev–Trinajstić information content (AvgIpc) is 2.75. The highest BCUT2D eigenvalue weighted by molar-refractivity contribution is 7.12. The number of carbonyl (C=O) groups excluding carboxylic acids is 1. The number of rotatable bonds is 5. The fraction of sp³-hybridized carbons (Fsp3) is 0.615. The van der Waals surface area contributed by atoms with Gasteiger partial charge in [0.25, 0.3) is 5.91 Å². The molecule has 1 rings (SSSR count). The highest BCUT2D eigenvalue weighted by Crippen LogP contribution is 2.26. The summed E-state index contributed by atoms with van der Waals surface area (Å²) in [6.45, 7) is 6.18. The summed E-state index contributed by atoms with van der Waals surface area (Å²) in [5.74, 6) is 0.449. The first-order valence-electron chi connectivity index (χ1n) is 5.93. The molecule has 1 amide bonds. The molecule has 2 N–H and O–H groups in total. The molecule has 0 aromatic carbocycles. The first-order valence-corrected chi connectivity index (χ1v) is 6.81. The Morgan fingerprint density at radius 2 is 2.22 bits per heavy atom. The third-order valence-corrected chi connectivity index (χ3v) is 3.72. The second kappa shape index (κ2) is 6.20. The molecule has 4 nitrogen and oxygen atoms in total. The summed E-state index contributed by atoms with van der Waals surface area (Å²) < 4.78 is 5.13. The summed E-state index contributed by atoms with van der Waals surface area (Å²) in [4.78, 5) is 12.7. The van der Waals surface area contributed by atoms with Gasteiger partial charge < -0.3 is 15.2 Å². The van der Waals surface area contributed by atoms with Crippen molar-refractivity contribution in [3.63, 3.8) is 0 Å². The predicted molar refractivity (Wildman–Crippen MR) is 73.3 cm³/mol. The van der Waals surface area contributed by atoms with E-state index in [1.54, 1.807) is 13.2 Å². The Morgan fingerprint density at radius 3 is 2.72 bits per heavy atom. The molecule has 1 heterocycles. The van der Waals surface area contributed by atoms with Crippen LogP contribution in [0.5, 0.6) is 5.75 Å². The number of amides is 1. The molecule has 0 spiro atoms. The maximum absolute atomic E-state index is 12.2. The number of thiophene rings is 1. The first kappa shape index (κ1) is 15.0. The van der Waals surface area contributed by atoms with Gasteiger partial charge in [-0.05, 0) is 23.3 Å². The summed E-state index contributed by atoms with van der Waals surface area (Å²) >= 11 is 1.35. The fourth-order valence-electron chi connectivity index (χ4n) is 1.70. The minimum Gasteiger partial charge on any atom is -0.495 e. The molecule has 102 valence electrons. The molecule has 0 saturated carbocycles. The van der Waals surface area contributed by atoms with Crippen LogP contribution >= 0.6 is 11.3 Å². The average molecular weight is 271 g/mol. The molecule has 18 heavy (non-hydrogen) atoms. The standard InChI is InChI=1S/C13H21NO3S/c1-13(2,3)10(5-7-15)14-12(16)11-9(17-4)6-8-18-11/h6,8,10,15H,5,7H2,1-4H3,(H,14,16). The fourth-order valence-corrected chi connectivity index (χ4v) is 2.46. The van der Waals surface area contributed by atoms with Crippen molar-refractivity contribution in [1.82, 2.24) is 5.32 Å². The number of carbonyl (C=O) groups is 1. The smallest absolute Gasteiger partial charge is 0.265 e. The number of ether oxygens (including phenoxy) is 1. The minimum atomic E-state index is -0.143. The zero-order chi connectivity index (χ0) is 13.8. The first-order chi connectivity index (χ1) is 8.40. The van der Waals surface area contributed by atoms with E-state index < -0.39 is 0 Å². The Kier molecular flexibility index (Phi) is 5.16. The second-order valence-corrected chi connectivity index (χ2v) is 6.14. The Hall–Kier alpha value is -1.07. The van der Waals surface area contributed by atoms with Gasteiger partial charge in [0.15, 0.2) is 0 Å². The molecular formula is C13H21NO3S. The van der Waals surface area contributed by atoms with Gasteiger partial charge >= 0.3 is 0 Å². The van der Waals surface area contributed by atoms with Crippen LogP contribution in [0.15, 0.2) is 11.4 Å². The second-order valence-electron chi connectivity index (χ2n) is 5.22. The highest BCUT2D eigenvalue weighted by Gasteiger charge is 2.27.